The van der Waals surface area contributed by atoms with Crippen molar-refractivity contribution < 1.29 is 0 Å². The SMILES string of the molecule is CCCCC[CH2][Ge]1([CH2]CCCCC)[c]2ccsc2-c2scc[c]21. The average Bonchev–Trinajstić information content (AvgIpc) is 3.25. The summed E-state index contributed by atoms with van der Waals surface area (Å²) in [4.78, 5) is 3.34. The van der Waals surface area contributed by atoms with Gasteiger partial charge >= 0.3 is 153 Å². The Bertz CT molecular complexity index is 556. The Hall–Kier alpha value is -0.0571. The van der Waals surface area contributed by atoms with Crippen molar-refractivity contribution in [2.24, 2.45) is 0 Å². The van der Waals surface area contributed by atoms with Crippen LogP contribution >= 0.6 is 22.7 Å². The Labute approximate surface area is 152 Å². The Balaban J connectivity index is 1.83. The fraction of sp³-hybridized carbons (Fsp3) is 0.600. The van der Waals surface area contributed by atoms with Crippen molar-refractivity contribution in [2.45, 2.75) is 75.7 Å². The molecule has 1 aliphatic heterocycles. The zero-order chi connectivity index (χ0) is 16.1. The molecule has 0 aromatic carbocycles. The topological polar surface area (TPSA) is 0 Å². The van der Waals surface area contributed by atoms with Gasteiger partial charge in [0.15, 0.2) is 0 Å². The second-order valence-corrected chi connectivity index (χ2v) is 17.8. The summed E-state index contributed by atoms with van der Waals surface area (Å²) >= 11 is 1.94. The van der Waals surface area contributed by atoms with E-state index in [1.807, 2.05) is 31.5 Å². The standard InChI is InChI=1S/C20H30GeS2/c1-3-5-7-9-13-21(14-10-8-6-4-2)17-11-15-22-19(17)20-18(21)12-16-23-20/h11-12,15-16H,3-10,13-14H2,1-2H3. The van der Waals surface area contributed by atoms with Crippen LogP contribution in [0.25, 0.3) is 9.75 Å². The third-order valence-corrected chi connectivity index (χ3v) is 19.4. The zero-order valence-electron chi connectivity index (χ0n) is 14.7. The van der Waals surface area contributed by atoms with Crippen LogP contribution in [0.1, 0.15) is 65.2 Å². The van der Waals surface area contributed by atoms with E-state index < -0.39 is 13.3 Å². The van der Waals surface area contributed by atoms with Gasteiger partial charge in [-0.1, -0.05) is 0 Å². The number of unbranched alkanes of at least 4 members (excludes halogenated alkanes) is 6. The maximum absolute atomic E-state index is 2.52. The number of rotatable bonds is 10. The molecule has 3 rings (SSSR count). The van der Waals surface area contributed by atoms with Gasteiger partial charge in [0.1, 0.15) is 0 Å². The van der Waals surface area contributed by atoms with Crippen LogP contribution in [0.3, 0.4) is 0 Å². The van der Waals surface area contributed by atoms with Crippen LogP contribution in [0, 0.1) is 0 Å². The molecule has 0 unspecified atom stereocenters. The minimum atomic E-state index is -2.07. The van der Waals surface area contributed by atoms with Gasteiger partial charge in [-0.2, -0.15) is 0 Å². The minimum absolute atomic E-state index is 1.35. The van der Waals surface area contributed by atoms with Gasteiger partial charge in [-0.25, -0.2) is 0 Å². The van der Waals surface area contributed by atoms with Gasteiger partial charge in [0.05, 0.1) is 0 Å². The van der Waals surface area contributed by atoms with Crippen molar-refractivity contribution >= 4 is 44.7 Å². The van der Waals surface area contributed by atoms with Crippen LogP contribution < -0.4 is 8.79 Å². The first-order valence-corrected chi connectivity index (χ1v) is 16.3. The molecule has 0 amide bonds. The third kappa shape index (κ3) is 3.50. The van der Waals surface area contributed by atoms with Gasteiger partial charge in [-0.3, -0.25) is 0 Å². The molecule has 23 heavy (non-hydrogen) atoms. The first-order chi connectivity index (χ1) is 11.3. The Kier molecular flexibility index (Phi) is 6.45. The normalized spacial score (nSPS) is 14.9. The molecule has 2 aromatic heterocycles. The van der Waals surface area contributed by atoms with E-state index in [0.717, 1.165) is 0 Å². The summed E-state index contributed by atoms with van der Waals surface area (Å²) in [5, 5.41) is 7.82. The molecule has 0 nitrogen and oxygen atoms in total. The molecule has 0 N–H and O–H groups in total. The van der Waals surface area contributed by atoms with Gasteiger partial charge in [0, 0.05) is 0 Å². The van der Waals surface area contributed by atoms with Crippen LogP contribution in [0.15, 0.2) is 22.9 Å². The van der Waals surface area contributed by atoms with E-state index in [2.05, 4.69) is 36.7 Å². The van der Waals surface area contributed by atoms with E-state index in [9.17, 15) is 0 Å². The van der Waals surface area contributed by atoms with Crippen molar-refractivity contribution in [1.82, 2.24) is 0 Å². The summed E-state index contributed by atoms with van der Waals surface area (Å²) < 4.78 is 3.70. The molecule has 0 bridgehead atoms. The number of hydrogen-bond acceptors (Lipinski definition) is 2. The van der Waals surface area contributed by atoms with Crippen LogP contribution in [0.4, 0.5) is 0 Å². The molecule has 126 valence electrons. The fourth-order valence-corrected chi connectivity index (χ4v) is 20.7. The molecule has 0 saturated carbocycles. The molecule has 3 heterocycles. The van der Waals surface area contributed by atoms with Gasteiger partial charge in [-0.15, -0.1) is 0 Å². The molecule has 0 atom stereocenters. The maximum atomic E-state index is 2.52. The van der Waals surface area contributed by atoms with Crippen molar-refractivity contribution in [3.05, 3.63) is 22.9 Å². The molecule has 2 aromatic rings. The predicted molar refractivity (Wildman–Crippen MR) is 111 cm³/mol. The summed E-state index contributed by atoms with van der Waals surface area (Å²) in [5.41, 5.74) is 0. The molecule has 0 aliphatic carbocycles. The van der Waals surface area contributed by atoms with E-state index in [4.69, 9.17) is 0 Å². The Morgan fingerprint density at radius 3 is 1.61 bits per heavy atom. The summed E-state index contributed by atoms with van der Waals surface area (Å²) in [6, 6.07) is 5.04. The van der Waals surface area contributed by atoms with Crippen LogP contribution in [-0.2, 0) is 0 Å². The number of hydrogen-bond donors (Lipinski definition) is 0. The van der Waals surface area contributed by atoms with Crippen molar-refractivity contribution in [2.75, 3.05) is 0 Å². The molecule has 0 saturated heterocycles. The number of fused-ring (bicyclic) bond motifs is 3. The van der Waals surface area contributed by atoms with Crippen molar-refractivity contribution in [3.63, 3.8) is 0 Å². The summed E-state index contributed by atoms with van der Waals surface area (Å²) in [6.45, 7) is 4.65. The number of thiophene rings is 2. The Morgan fingerprint density at radius 1 is 0.696 bits per heavy atom. The van der Waals surface area contributed by atoms with E-state index in [-0.39, 0.29) is 0 Å². The summed E-state index contributed by atoms with van der Waals surface area (Å²) in [6.07, 6.45) is 11.4. The van der Waals surface area contributed by atoms with Crippen LogP contribution in [0.2, 0.25) is 10.5 Å². The van der Waals surface area contributed by atoms with Crippen LogP contribution in [0.5, 0.6) is 0 Å². The van der Waals surface area contributed by atoms with E-state index in [1.165, 1.54) is 51.4 Å². The van der Waals surface area contributed by atoms with Crippen molar-refractivity contribution in [1.29, 1.82) is 0 Å². The second kappa shape index (κ2) is 8.35. The molecule has 0 radical (unpaired) electrons. The molecule has 0 fully saturated rings. The molecular weight excluding hydrogens is 377 g/mol. The van der Waals surface area contributed by atoms with Crippen LogP contribution in [-0.4, -0.2) is 13.3 Å². The predicted octanol–water partition coefficient (Wildman–Crippen LogP) is 6.51. The van der Waals surface area contributed by atoms with Gasteiger partial charge < -0.3 is 0 Å². The quantitative estimate of drug-likeness (QED) is 0.311. The first-order valence-electron chi connectivity index (χ1n) is 9.49. The van der Waals surface area contributed by atoms with E-state index in [0.29, 0.717) is 0 Å². The third-order valence-electron chi connectivity index (χ3n) is 5.48. The van der Waals surface area contributed by atoms with E-state index in [1.54, 1.807) is 20.3 Å². The second-order valence-electron chi connectivity index (χ2n) is 7.03. The van der Waals surface area contributed by atoms with Crippen molar-refractivity contribution in [3.8, 4) is 9.75 Å². The molecule has 3 heteroatoms. The zero-order valence-corrected chi connectivity index (χ0v) is 18.4. The molecule has 0 spiro atoms. The first kappa shape index (κ1) is 17.8. The van der Waals surface area contributed by atoms with E-state index >= 15 is 0 Å². The summed E-state index contributed by atoms with van der Waals surface area (Å²) in [7, 11) is 0. The van der Waals surface area contributed by atoms with Gasteiger partial charge in [0.2, 0.25) is 0 Å². The monoisotopic (exact) mass is 408 g/mol. The Morgan fingerprint density at radius 2 is 1.17 bits per heavy atom. The molecular formula is C20H30GeS2. The molecule has 1 aliphatic rings. The fourth-order valence-electron chi connectivity index (χ4n) is 4.24. The average molecular weight is 407 g/mol. The van der Waals surface area contributed by atoms with Gasteiger partial charge in [0.25, 0.3) is 0 Å². The van der Waals surface area contributed by atoms with Gasteiger partial charge in [-0.05, 0) is 0 Å². The summed E-state index contributed by atoms with van der Waals surface area (Å²) in [5.74, 6) is 0.